The lowest BCUT2D eigenvalue weighted by molar-refractivity contribution is -0.160. The molecule has 1 aromatic heterocycles. The van der Waals surface area contributed by atoms with Gasteiger partial charge in [-0.15, -0.1) is 0 Å². The number of aldehydes is 1. The molecular formula is C29H39N3O5. The molecule has 2 saturated heterocycles. The second kappa shape index (κ2) is 12.0. The first kappa shape index (κ1) is 27.1. The van der Waals surface area contributed by atoms with Gasteiger partial charge in [0, 0.05) is 31.9 Å². The quantitative estimate of drug-likeness (QED) is 0.450. The van der Waals surface area contributed by atoms with Crippen molar-refractivity contribution >= 4 is 18.0 Å². The normalized spacial score (nSPS) is 24.1. The van der Waals surface area contributed by atoms with Crippen molar-refractivity contribution in [3.8, 4) is 5.75 Å². The van der Waals surface area contributed by atoms with Crippen LogP contribution in [0.4, 0.5) is 5.82 Å². The predicted octanol–water partition coefficient (Wildman–Crippen LogP) is 3.88. The van der Waals surface area contributed by atoms with E-state index in [1.54, 1.807) is 20.0 Å². The zero-order valence-electron chi connectivity index (χ0n) is 22.3. The Kier molecular flexibility index (Phi) is 8.82. The fourth-order valence-corrected chi connectivity index (χ4v) is 5.35. The number of carbonyl (C=O) groups excluding carboxylic acids is 2. The van der Waals surface area contributed by atoms with Crippen LogP contribution in [0, 0.1) is 5.92 Å². The van der Waals surface area contributed by atoms with E-state index in [2.05, 4.69) is 28.9 Å². The van der Waals surface area contributed by atoms with E-state index >= 15 is 0 Å². The number of hydrogen-bond acceptors (Lipinski definition) is 7. The minimum Gasteiger partial charge on any atom is -0.494 e. The summed E-state index contributed by atoms with van der Waals surface area (Å²) in [6.07, 6.45) is 3.40. The second-order valence-corrected chi connectivity index (χ2v) is 10.3. The number of rotatable bonds is 10. The Morgan fingerprint density at radius 1 is 1.19 bits per heavy atom. The molecule has 2 fully saturated rings. The standard InChI is InChI=1S/C29H39N3O5/c1-5-35-23-14-12-22(13-15-23)9-8-10-24(27-25(20-33)36-29(3,4)37-27)28(34)32-18-17-31(19-21(32)2)26-11-6-7-16-30-26/h6-7,11-16,20-21,24-25,27H,5,8-10,17-19H2,1-4H3/t21-,24+,25?,27-/m0/s1. The number of carbonyl (C=O) groups is 2. The van der Waals surface area contributed by atoms with Crippen molar-refractivity contribution in [2.45, 2.75) is 71.0 Å². The number of nitrogens with zero attached hydrogens (tertiary/aromatic N) is 3. The van der Waals surface area contributed by atoms with Gasteiger partial charge in [-0.05, 0) is 76.8 Å². The minimum absolute atomic E-state index is 0.00174. The zero-order valence-corrected chi connectivity index (χ0v) is 22.3. The molecule has 2 aliphatic heterocycles. The summed E-state index contributed by atoms with van der Waals surface area (Å²) in [5.74, 6) is 0.420. The van der Waals surface area contributed by atoms with Gasteiger partial charge in [-0.1, -0.05) is 18.2 Å². The maximum absolute atomic E-state index is 14.0. The molecule has 2 aliphatic rings. The average molecular weight is 510 g/mol. The molecule has 0 saturated carbocycles. The number of anilines is 1. The van der Waals surface area contributed by atoms with Crippen LogP contribution in [0.1, 0.15) is 46.1 Å². The first-order chi connectivity index (χ1) is 17.8. The van der Waals surface area contributed by atoms with Crippen LogP contribution in [0.15, 0.2) is 48.7 Å². The van der Waals surface area contributed by atoms with Crippen molar-refractivity contribution in [1.29, 1.82) is 0 Å². The summed E-state index contributed by atoms with van der Waals surface area (Å²) in [4.78, 5) is 34.5. The van der Waals surface area contributed by atoms with Gasteiger partial charge in [0.15, 0.2) is 12.1 Å². The van der Waals surface area contributed by atoms with E-state index in [9.17, 15) is 9.59 Å². The summed E-state index contributed by atoms with van der Waals surface area (Å²) >= 11 is 0. The van der Waals surface area contributed by atoms with Crippen LogP contribution in [0.3, 0.4) is 0 Å². The van der Waals surface area contributed by atoms with Gasteiger partial charge < -0.3 is 28.8 Å². The minimum atomic E-state index is -0.910. The highest BCUT2D eigenvalue weighted by molar-refractivity contribution is 5.81. The summed E-state index contributed by atoms with van der Waals surface area (Å²) in [5, 5.41) is 0. The Balaban J connectivity index is 1.46. The average Bonchev–Trinajstić information content (AvgIpc) is 3.22. The highest BCUT2D eigenvalue weighted by Gasteiger charge is 2.48. The third-order valence-corrected chi connectivity index (χ3v) is 7.11. The van der Waals surface area contributed by atoms with Crippen LogP contribution in [0.25, 0.3) is 0 Å². The van der Waals surface area contributed by atoms with Gasteiger partial charge in [-0.2, -0.15) is 0 Å². The van der Waals surface area contributed by atoms with E-state index in [-0.39, 0.29) is 11.9 Å². The van der Waals surface area contributed by atoms with Gasteiger partial charge in [-0.3, -0.25) is 4.79 Å². The number of pyridine rings is 1. The first-order valence-corrected chi connectivity index (χ1v) is 13.3. The van der Waals surface area contributed by atoms with E-state index in [0.29, 0.717) is 32.7 Å². The highest BCUT2D eigenvalue weighted by atomic mass is 16.8. The fraction of sp³-hybridized carbons (Fsp3) is 0.552. The number of benzene rings is 1. The molecule has 2 aromatic rings. The third kappa shape index (κ3) is 6.67. The number of ether oxygens (including phenoxy) is 3. The number of aryl methyl sites for hydroxylation is 1. The lowest BCUT2D eigenvalue weighted by Gasteiger charge is -2.42. The van der Waals surface area contributed by atoms with Crippen molar-refractivity contribution in [3.63, 3.8) is 0 Å². The van der Waals surface area contributed by atoms with E-state index in [4.69, 9.17) is 14.2 Å². The van der Waals surface area contributed by atoms with Crippen LogP contribution >= 0.6 is 0 Å². The molecule has 4 atom stereocenters. The summed E-state index contributed by atoms with van der Waals surface area (Å²) < 4.78 is 17.5. The van der Waals surface area contributed by atoms with Crippen molar-refractivity contribution in [1.82, 2.24) is 9.88 Å². The third-order valence-electron chi connectivity index (χ3n) is 7.11. The molecule has 0 radical (unpaired) electrons. The van der Waals surface area contributed by atoms with E-state index < -0.39 is 23.9 Å². The number of amides is 1. The number of hydrogen-bond donors (Lipinski definition) is 0. The van der Waals surface area contributed by atoms with Gasteiger partial charge >= 0.3 is 0 Å². The van der Waals surface area contributed by atoms with E-state index in [1.807, 2.05) is 42.2 Å². The zero-order chi connectivity index (χ0) is 26.4. The molecule has 8 nitrogen and oxygen atoms in total. The Labute approximate surface area is 219 Å². The van der Waals surface area contributed by atoms with Crippen LogP contribution in [-0.2, 0) is 25.5 Å². The molecule has 3 heterocycles. The Bertz CT molecular complexity index is 1030. The number of aromatic nitrogens is 1. The summed E-state index contributed by atoms with van der Waals surface area (Å²) in [7, 11) is 0. The monoisotopic (exact) mass is 509 g/mol. The highest BCUT2D eigenvalue weighted by Crippen LogP contribution is 2.35. The molecule has 37 heavy (non-hydrogen) atoms. The first-order valence-electron chi connectivity index (χ1n) is 13.3. The lowest BCUT2D eigenvalue weighted by atomic mass is 9.89. The fourth-order valence-electron chi connectivity index (χ4n) is 5.35. The van der Waals surface area contributed by atoms with Gasteiger partial charge in [0.2, 0.25) is 5.91 Å². The van der Waals surface area contributed by atoms with Crippen LogP contribution in [-0.4, -0.2) is 72.4 Å². The predicted molar refractivity (Wildman–Crippen MR) is 142 cm³/mol. The topological polar surface area (TPSA) is 81.2 Å². The molecule has 8 heteroatoms. The van der Waals surface area contributed by atoms with Gasteiger partial charge in [-0.25, -0.2) is 4.98 Å². The number of piperazine rings is 1. The lowest BCUT2D eigenvalue weighted by Crippen LogP contribution is -2.57. The SMILES string of the molecule is CCOc1ccc(CCC[C@@H](C(=O)N2CCN(c3ccccn3)C[C@@H]2C)[C@@H]2OC(C)(C)OC2C=O)cc1. The summed E-state index contributed by atoms with van der Waals surface area (Å²) in [5.41, 5.74) is 1.18. The molecule has 0 bridgehead atoms. The molecule has 1 amide bonds. The molecule has 0 spiro atoms. The Hall–Kier alpha value is -2.97. The second-order valence-electron chi connectivity index (χ2n) is 10.3. The maximum atomic E-state index is 14.0. The smallest absolute Gasteiger partial charge is 0.228 e. The van der Waals surface area contributed by atoms with Crippen molar-refractivity contribution in [3.05, 3.63) is 54.2 Å². The summed E-state index contributed by atoms with van der Waals surface area (Å²) in [6.45, 7) is 10.2. The molecule has 1 unspecified atom stereocenters. The van der Waals surface area contributed by atoms with Crippen LogP contribution in [0.2, 0.25) is 0 Å². The Morgan fingerprint density at radius 2 is 1.97 bits per heavy atom. The van der Waals surface area contributed by atoms with Gasteiger partial charge in [0.1, 0.15) is 23.8 Å². The van der Waals surface area contributed by atoms with Gasteiger partial charge in [0.05, 0.1) is 12.5 Å². The van der Waals surface area contributed by atoms with Crippen molar-refractivity contribution < 1.29 is 23.8 Å². The molecule has 0 aliphatic carbocycles. The molecule has 1 aromatic carbocycles. The Morgan fingerprint density at radius 3 is 2.62 bits per heavy atom. The van der Waals surface area contributed by atoms with E-state index in [1.165, 1.54) is 5.56 Å². The molecule has 200 valence electrons. The van der Waals surface area contributed by atoms with Gasteiger partial charge in [0.25, 0.3) is 0 Å². The molecular weight excluding hydrogens is 470 g/mol. The van der Waals surface area contributed by atoms with Crippen LogP contribution in [0.5, 0.6) is 5.75 Å². The largest absolute Gasteiger partial charge is 0.494 e. The van der Waals surface area contributed by atoms with Crippen LogP contribution < -0.4 is 9.64 Å². The molecule has 0 N–H and O–H groups in total. The van der Waals surface area contributed by atoms with Crippen molar-refractivity contribution in [2.24, 2.45) is 5.92 Å². The maximum Gasteiger partial charge on any atom is 0.228 e. The van der Waals surface area contributed by atoms with Crippen molar-refractivity contribution in [2.75, 3.05) is 31.1 Å². The summed E-state index contributed by atoms with van der Waals surface area (Å²) in [6, 6.07) is 14.0. The molecule has 4 rings (SSSR count). The van der Waals surface area contributed by atoms with E-state index in [0.717, 1.165) is 30.7 Å².